The molecule has 0 amide bonds. The number of Topliss-reactive ketones (excluding diaryl/α,β-unsaturated/α-hetero) is 1. The summed E-state index contributed by atoms with van der Waals surface area (Å²) in [4.78, 5) is 11.2. The first-order chi connectivity index (χ1) is 5.72. The number of allylic oxidation sites excluding steroid dienone is 2. The first-order valence-corrected chi connectivity index (χ1v) is 4.58. The molecule has 0 aromatic heterocycles. The molecule has 2 heteroatoms. The van der Waals surface area contributed by atoms with E-state index in [-0.39, 0.29) is 5.78 Å². The Morgan fingerprint density at radius 3 is 2.50 bits per heavy atom. The molecule has 0 aliphatic heterocycles. The number of hydrogen-bond donors (Lipinski definition) is 1. The van der Waals surface area contributed by atoms with Crippen molar-refractivity contribution < 1.29 is 4.79 Å². The molecule has 2 N–H and O–H groups in total. The van der Waals surface area contributed by atoms with Gasteiger partial charge >= 0.3 is 0 Å². The third-order valence-electron chi connectivity index (χ3n) is 1.98. The number of carbonyl (C=O) groups is 1. The average Bonchev–Trinajstić information content (AvgIpc) is 2.10. The molecule has 0 saturated heterocycles. The second-order valence-electron chi connectivity index (χ2n) is 2.99. The SMILES string of the molecule is C/C=C(\C)C(=O)CCCCCN. The maximum absolute atomic E-state index is 11.2. The number of rotatable bonds is 6. The zero-order valence-electron chi connectivity index (χ0n) is 8.10. The molecule has 0 fully saturated rings. The van der Waals surface area contributed by atoms with Crippen LogP contribution in [0.2, 0.25) is 0 Å². The van der Waals surface area contributed by atoms with Gasteiger partial charge in [0.1, 0.15) is 0 Å². The summed E-state index contributed by atoms with van der Waals surface area (Å²) in [5.41, 5.74) is 6.21. The van der Waals surface area contributed by atoms with Crippen molar-refractivity contribution >= 4 is 5.78 Å². The second-order valence-corrected chi connectivity index (χ2v) is 2.99. The van der Waals surface area contributed by atoms with Crippen molar-refractivity contribution in [1.82, 2.24) is 0 Å². The lowest BCUT2D eigenvalue weighted by Gasteiger charge is -1.99. The summed E-state index contributed by atoms with van der Waals surface area (Å²) in [6.45, 7) is 4.50. The highest BCUT2D eigenvalue weighted by atomic mass is 16.1. The van der Waals surface area contributed by atoms with Gasteiger partial charge in [0.15, 0.2) is 5.78 Å². The molecular weight excluding hydrogens is 150 g/mol. The molecule has 0 heterocycles. The van der Waals surface area contributed by atoms with Gasteiger partial charge in [0.25, 0.3) is 0 Å². The standard InChI is InChI=1S/C10H19NO/c1-3-9(2)10(12)7-5-4-6-8-11/h3H,4-8,11H2,1-2H3/b9-3+. The van der Waals surface area contributed by atoms with Gasteiger partial charge in [-0.2, -0.15) is 0 Å². The third kappa shape index (κ3) is 5.08. The molecule has 2 nitrogen and oxygen atoms in total. The first-order valence-electron chi connectivity index (χ1n) is 4.58. The average molecular weight is 169 g/mol. The van der Waals surface area contributed by atoms with Crippen LogP contribution in [0.5, 0.6) is 0 Å². The number of nitrogens with two attached hydrogens (primary N) is 1. The summed E-state index contributed by atoms with van der Waals surface area (Å²) in [7, 11) is 0. The number of carbonyl (C=O) groups excluding carboxylic acids is 1. The Morgan fingerprint density at radius 2 is 2.00 bits per heavy atom. The van der Waals surface area contributed by atoms with Gasteiger partial charge in [0.2, 0.25) is 0 Å². The van der Waals surface area contributed by atoms with Crippen LogP contribution in [0.3, 0.4) is 0 Å². The quantitative estimate of drug-likeness (QED) is 0.488. The van der Waals surface area contributed by atoms with E-state index in [0.717, 1.165) is 31.4 Å². The van der Waals surface area contributed by atoms with Gasteiger partial charge < -0.3 is 5.73 Å². The molecule has 0 aromatic carbocycles. The Balaban J connectivity index is 3.45. The highest BCUT2D eigenvalue weighted by Crippen LogP contribution is 2.05. The Bertz CT molecular complexity index is 161. The van der Waals surface area contributed by atoms with Crippen LogP contribution in [-0.2, 0) is 4.79 Å². The highest BCUT2D eigenvalue weighted by molar-refractivity contribution is 5.94. The Labute approximate surface area is 74.8 Å². The lowest BCUT2D eigenvalue weighted by atomic mass is 10.1. The van der Waals surface area contributed by atoms with Crippen molar-refractivity contribution in [1.29, 1.82) is 0 Å². The normalized spacial score (nSPS) is 11.8. The summed E-state index contributed by atoms with van der Waals surface area (Å²) in [6.07, 6.45) is 5.62. The number of ketones is 1. The van der Waals surface area contributed by atoms with Gasteiger partial charge in [0, 0.05) is 6.42 Å². The van der Waals surface area contributed by atoms with E-state index in [1.54, 1.807) is 0 Å². The van der Waals surface area contributed by atoms with Crippen molar-refractivity contribution in [3.05, 3.63) is 11.6 Å². The van der Waals surface area contributed by atoms with E-state index in [2.05, 4.69) is 0 Å². The summed E-state index contributed by atoms with van der Waals surface area (Å²) in [6, 6.07) is 0. The maximum Gasteiger partial charge on any atom is 0.158 e. The molecule has 70 valence electrons. The van der Waals surface area contributed by atoms with Gasteiger partial charge in [-0.15, -0.1) is 0 Å². The van der Waals surface area contributed by atoms with Crippen molar-refractivity contribution in [2.75, 3.05) is 6.54 Å². The second kappa shape index (κ2) is 7.04. The molecule has 0 radical (unpaired) electrons. The van der Waals surface area contributed by atoms with Crippen molar-refractivity contribution in [3.8, 4) is 0 Å². The molecule has 0 saturated carbocycles. The van der Waals surface area contributed by atoms with Gasteiger partial charge in [-0.1, -0.05) is 12.5 Å². The molecule has 0 bridgehead atoms. The van der Waals surface area contributed by atoms with Crippen LogP contribution in [0.15, 0.2) is 11.6 Å². The molecule has 12 heavy (non-hydrogen) atoms. The number of unbranched alkanes of at least 4 members (excludes halogenated alkanes) is 2. The van der Waals surface area contributed by atoms with E-state index in [0.29, 0.717) is 6.42 Å². The summed E-state index contributed by atoms with van der Waals surface area (Å²) in [5, 5.41) is 0. The van der Waals surface area contributed by atoms with E-state index in [1.807, 2.05) is 19.9 Å². The van der Waals surface area contributed by atoms with Crippen molar-refractivity contribution in [2.24, 2.45) is 5.73 Å². The van der Waals surface area contributed by atoms with Crippen molar-refractivity contribution in [3.63, 3.8) is 0 Å². The van der Waals surface area contributed by atoms with Crippen LogP contribution in [-0.4, -0.2) is 12.3 Å². The fraction of sp³-hybridized carbons (Fsp3) is 0.700. The van der Waals surface area contributed by atoms with Gasteiger partial charge in [-0.05, 0) is 38.8 Å². The van der Waals surface area contributed by atoms with Crippen LogP contribution < -0.4 is 5.73 Å². The van der Waals surface area contributed by atoms with Gasteiger partial charge in [-0.3, -0.25) is 4.79 Å². The minimum atomic E-state index is 0.273. The predicted molar refractivity (Wildman–Crippen MR) is 52.0 cm³/mol. The molecule has 0 spiro atoms. The smallest absolute Gasteiger partial charge is 0.158 e. The fourth-order valence-corrected chi connectivity index (χ4v) is 0.965. The van der Waals surface area contributed by atoms with Gasteiger partial charge in [0.05, 0.1) is 0 Å². The molecular formula is C10H19NO. The predicted octanol–water partition coefficient (Wildman–Crippen LogP) is 2.04. The molecule has 0 unspecified atom stereocenters. The van der Waals surface area contributed by atoms with Crippen LogP contribution in [0, 0.1) is 0 Å². The topological polar surface area (TPSA) is 43.1 Å². The summed E-state index contributed by atoms with van der Waals surface area (Å²) >= 11 is 0. The van der Waals surface area contributed by atoms with E-state index in [4.69, 9.17) is 5.73 Å². The monoisotopic (exact) mass is 169 g/mol. The lowest BCUT2D eigenvalue weighted by molar-refractivity contribution is -0.115. The van der Waals surface area contributed by atoms with Crippen molar-refractivity contribution in [2.45, 2.75) is 39.5 Å². The molecule has 0 aliphatic carbocycles. The van der Waals surface area contributed by atoms with Gasteiger partial charge in [-0.25, -0.2) is 0 Å². The Kier molecular flexibility index (Phi) is 6.67. The van der Waals surface area contributed by atoms with E-state index >= 15 is 0 Å². The molecule has 0 aliphatic rings. The molecule has 0 atom stereocenters. The lowest BCUT2D eigenvalue weighted by Crippen LogP contribution is -2.01. The zero-order chi connectivity index (χ0) is 9.40. The number of hydrogen-bond acceptors (Lipinski definition) is 2. The van der Waals surface area contributed by atoms with Crippen LogP contribution in [0.25, 0.3) is 0 Å². The minimum Gasteiger partial charge on any atom is -0.330 e. The van der Waals surface area contributed by atoms with Crippen LogP contribution >= 0.6 is 0 Å². The van der Waals surface area contributed by atoms with E-state index in [9.17, 15) is 4.79 Å². The Hall–Kier alpha value is -0.630. The summed E-state index contributed by atoms with van der Waals surface area (Å²) in [5.74, 6) is 0.273. The van der Waals surface area contributed by atoms with Crippen LogP contribution in [0.1, 0.15) is 39.5 Å². The molecule has 0 rings (SSSR count). The largest absolute Gasteiger partial charge is 0.330 e. The third-order valence-corrected chi connectivity index (χ3v) is 1.98. The zero-order valence-corrected chi connectivity index (χ0v) is 8.10. The van der Waals surface area contributed by atoms with E-state index in [1.165, 1.54) is 0 Å². The highest BCUT2D eigenvalue weighted by Gasteiger charge is 2.01. The Morgan fingerprint density at radius 1 is 1.33 bits per heavy atom. The fourth-order valence-electron chi connectivity index (χ4n) is 0.965. The summed E-state index contributed by atoms with van der Waals surface area (Å²) < 4.78 is 0. The maximum atomic E-state index is 11.2. The van der Waals surface area contributed by atoms with Crippen LogP contribution in [0.4, 0.5) is 0 Å². The van der Waals surface area contributed by atoms with E-state index < -0.39 is 0 Å². The first kappa shape index (κ1) is 11.4. The molecule has 0 aromatic rings. The minimum absolute atomic E-state index is 0.273.